The predicted octanol–water partition coefficient (Wildman–Crippen LogP) is 5.07. The second-order valence-electron chi connectivity index (χ2n) is 5.69. The van der Waals surface area contributed by atoms with Crippen LogP contribution in [0.1, 0.15) is 5.69 Å². The fourth-order valence-electron chi connectivity index (χ4n) is 2.57. The van der Waals surface area contributed by atoms with Gasteiger partial charge in [0.15, 0.2) is 6.61 Å². The Labute approximate surface area is 166 Å². The molecule has 26 heavy (non-hydrogen) atoms. The maximum Gasteiger partial charge on any atom is 0.257 e. The van der Waals surface area contributed by atoms with Crippen LogP contribution >= 0.6 is 35.0 Å². The molecule has 0 aliphatic heterocycles. The maximum absolute atomic E-state index is 11.9. The molecule has 3 aromatic rings. The summed E-state index contributed by atoms with van der Waals surface area (Å²) in [6, 6.07) is 13.1. The first-order valence-corrected chi connectivity index (χ1v) is 9.83. The molecular formula is C19H18Cl2N2O2S. The highest BCUT2D eigenvalue weighted by Gasteiger charge is 2.09. The minimum absolute atomic E-state index is 0.0852. The number of aromatic amines is 1. The van der Waals surface area contributed by atoms with Crippen LogP contribution in [-0.2, 0) is 4.79 Å². The molecule has 1 heterocycles. The molecule has 2 N–H and O–H groups in total. The van der Waals surface area contributed by atoms with Gasteiger partial charge in [-0.05, 0) is 31.2 Å². The van der Waals surface area contributed by atoms with Crippen LogP contribution in [0.4, 0.5) is 0 Å². The zero-order chi connectivity index (χ0) is 18.5. The van der Waals surface area contributed by atoms with Crippen molar-refractivity contribution in [2.75, 3.05) is 18.9 Å². The van der Waals surface area contributed by atoms with E-state index in [2.05, 4.69) is 29.4 Å². The van der Waals surface area contributed by atoms with Crippen molar-refractivity contribution in [1.29, 1.82) is 0 Å². The molecule has 0 fully saturated rings. The van der Waals surface area contributed by atoms with Gasteiger partial charge >= 0.3 is 0 Å². The number of benzene rings is 2. The number of H-pyrrole nitrogens is 1. The van der Waals surface area contributed by atoms with Crippen molar-refractivity contribution >= 4 is 51.8 Å². The molecule has 0 aliphatic carbocycles. The van der Waals surface area contributed by atoms with Crippen LogP contribution in [0.15, 0.2) is 47.4 Å². The minimum atomic E-state index is -0.188. The Balaban J connectivity index is 1.44. The predicted molar refractivity (Wildman–Crippen MR) is 109 cm³/mol. The highest BCUT2D eigenvalue weighted by molar-refractivity contribution is 7.99. The Morgan fingerprint density at radius 2 is 2.04 bits per heavy atom. The molecule has 136 valence electrons. The number of hydrogen-bond acceptors (Lipinski definition) is 3. The molecular weight excluding hydrogens is 391 g/mol. The summed E-state index contributed by atoms with van der Waals surface area (Å²) in [5, 5.41) is 4.97. The first-order chi connectivity index (χ1) is 12.5. The number of halogens is 2. The smallest absolute Gasteiger partial charge is 0.257 e. The van der Waals surface area contributed by atoms with Crippen molar-refractivity contribution in [3.63, 3.8) is 0 Å². The Kier molecular flexibility index (Phi) is 6.35. The lowest BCUT2D eigenvalue weighted by Gasteiger charge is -2.09. The quantitative estimate of drug-likeness (QED) is 0.423. The van der Waals surface area contributed by atoms with E-state index in [9.17, 15) is 4.79 Å². The summed E-state index contributed by atoms with van der Waals surface area (Å²) < 4.78 is 5.42. The van der Waals surface area contributed by atoms with Crippen LogP contribution < -0.4 is 10.1 Å². The summed E-state index contributed by atoms with van der Waals surface area (Å²) in [7, 11) is 0. The zero-order valence-electron chi connectivity index (χ0n) is 14.1. The van der Waals surface area contributed by atoms with Gasteiger partial charge in [-0.25, -0.2) is 0 Å². The molecule has 0 saturated heterocycles. The number of aromatic nitrogens is 1. The SMILES string of the molecule is Cc1[nH]c2ccccc2c1SCCNC(=O)COc1ccc(Cl)cc1Cl. The Morgan fingerprint density at radius 3 is 2.85 bits per heavy atom. The van der Waals surface area contributed by atoms with Gasteiger partial charge in [0, 0.05) is 38.8 Å². The molecule has 0 atom stereocenters. The largest absolute Gasteiger partial charge is 0.482 e. The highest BCUT2D eigenvalue weighted by Crippen LogP contribution is 2.31. The molecule has 0 aliphatic rings. The van der Waals surface area contributed by atoms with Crippen LogP contribution in [0.2, 0.25) is 10.0 Å². The molecule has 1 aromatic heterocycles. The van der Waals surface area contributed by atoms with Gasteiger partial charge < -0.3 is 15.0 Å². The van der Waals surface area contributed by atoms with E-state index in [4.69, 9.17) is 27.9 Å². The van der Waals surface area contributed by atoms with Crippen LogP contribution in [0.5, 0.6) is 5.75 Å². The van der Waals surface area contributed by atoms with E-state index < -0.39 is 0 Å². The van der Waals surface area contributed by atoms with Crippen molar-refractivity contribution in [3.8, 4) is 5.75 Å². The van der Waals surface area contributed by atoms with Gasteiger partial charge in [0.05, 0.1) is 5.02 Å². The van der Waals surface area contributed by atoms with Gasteiger partial charge in [-0.1, -0.05) is 41.4 Å². The summed E-state index contributed by atoms with van der Waals surface area (Å²) in [6.45, 7) is 2.53. The zero-order valence-corrected chi connectivity index (χ0v) is 16.5. The second-order valence-corrected chi connectivity index (χ2v) is 7.64. The molecule has 4 nitrogen and oxygen atoms in total. The Morgan fingerprint density at radius 1 is 1.23 bits per heavy atom. The molecule has 0 saturated carbocycles. The standard InChI is InChI=1S/C19H18Cl2N2O2S/c1-12-19(14-4-2-3-5-16(14)23-12)26-9-8-22-18(24)11-25-17-7-6-13(20)10-15(17)21/h2-7,10,23H,8-9,11H2,1H3,(H,22,24). The lowest BCUT2D eigenvalue weighted by Crippen LogP contribution is -2.30. The van der Waals surface area contributed by atoms with Gasteiger partial charge in [0.25, 0.3) is 5.91 Å². The van der Waals surface area contributed by atoms with E-state index in [-0.39, 0.29) is 12.5 Å². The van der Waals surface area contributed by atoms with Gasteiger partial charge in [-0.3, -0.25) is 4.79 Å². The van der Waals surface area contributed by atoms with Crippen LogP contribution in [0.25, 0.3) is 10.9 Å². The van der Waals surface area contributed by atoms with E-state index >= 15 is 0 Å². The summed E-state index contributed by atoms with van der Waals surface area (Å²) >= 11 is 13.6. The normalized spacial score (nSPS) is 10.9. The summed E-state index contributed by atoms with van der Waals surface area (Å²) in [5.41, 5.74) is 2.27. The summed E-state index contributed by atoms with van der Waals surface area (Å²) in [5.74, 6) is 1.03. The number of aryl methyl sites for hydroxylation is 1. The molecule has 0 radical (unpaired) electrons. The first kappa shape index (κ1) is 19.0. The fourth-order valence-corrected chi connectivity index (χ4v) is 4.04. The lowest BCUT2D eigenvalue weighted by molar-refractivity contribution is -0.122. The number of hydrogen-bond donors (Lipinski definition) is 2. The number of nitrogens with one attached hydrogen (secondary N) is 2. The van der Waals surface area contributed by atoms with Crippen molar-refractivity contribution in [2.24, 2.45) is 0 Å². The third kappa shape index (κ3) is 4.67. The topological polar surface area (TPSA) is 54.1 Å². The Bertz CT molecular complexity index is 927. The van der Waals surface area contributed by atoms with Crippen molar-refractivity contribution in [3.05, 3.63) is 58.2 Å². The molecule has 0 bridgehead atoms. The van der Waals surface area contributed by atoms with Crippen molar-refractivity contribution in [1.82, 2.24) is 10.3 Å². The number of carbonyl (C=O) groups excluding carboxylic acids is 1. The lowest BCUT2D eigenvalue weighted by atomic mass is 10.2. The van der Waals surface area contributed by atoms with Crippen LogP contribution in [-0.4, -0.2) is 29.8 Å². The third-order valence-electron chi connectivity index (χ3n) is 3.76. The number of rotatable bonds is 7. The molecule has 0 unspecified atom stereocenters. The first-order valence-electron chi connectivity index (χ1n) is 8.09. The molecule has 0 spiro atoms. The Hall–Kier alpha value is -1.82. The van der Waals surface area contributed by atoms with E-state index in [1.165, 1.54) is 10.3 Å². The molecule has 2 aromatic carbocycles. The molecule has 3 rings (SSSR count). The van der Waals surface area contributed by atoms with Crippen molar-refractivity contribution in [2.45, 2.75) is 11.8 Å². The average molecular weight is 409 g/mol. The number of amides is 1. The van der Waals surface area contributed by atoms with E-state index in [0.717, 1.165) is 17.0 Å². The minimum Gasteiger partial charge on any atom is -0.482 e. The van der Waals surface area contributed by atoms with Crippen LogP contribution in [0.3, 0.4) is 0 Å². The summed E-state index contributed by atoms with van der Waals surface area (Å²) in [4.78, 5) is 16.5. The number of para-hydroxylation sites is 1. The fraction of sp³-hybridized carbons (Fsp3) is 0.211. The number of fused-ring (bicyclic) bond motifs is 1. The van der Waals surface area contributed by atoms with E-state index in [0.29, 0.717) is 22.3 Å². The summed E-state index contributed by atoms with van der Waals surface area (Å²) in [6.07, 6.45) is 0. The van der Waals surface area contributed by atoms with Gasteiger partial charge in [-0.15, -0.1) is 11.8 Å². The van der Waals surface area contributed by atoms with Gasteiger partial charge in [-0.2, -0.15) is 0 Å². The molecule has 1 amide bonds. The van der Waals surface area contributed by atoms with Crippen LogP contribution in [0, 0.1) is 6.92 Å². The van der Waals surface area contributed by atoms with E-state index in [1.807, 2.05) is 12.1 Å². The average Bonchev–Trinajstić information content (AvgIpc) is 2.93. The van der Waals surface area contributed by atoms with E-state index in [1.54, 1.807) is 30.0 Å². The molecule has 7 heteroatoms. The van der Waals surface area contributed by atoms with Gasteiger partial charge in [0.1, 0.15) is 5.75 Å². The third-order valence-corrected chi connectivity index (χ3v) is 5.51. The number of ether oxygens (including phenoxy) is 1. The van der Waals surface area contributed by atoms with Crippen molar-refractivity contribution < 1.29 is 9.53 Å². The highest BCUT2D eigenvalue weighted by atomic mass is 35.5. The second kappa shape index (κ2) is 8.71. The monoisotopic (exact) mass is 408 g/mol. The maximum atomic E-state index is 11.9. The number of carbonyl (C=O) groups is 1. The number of thioether (sulfide) groups is 1. The van der Waals surface area contributed by atoms with Gasteiger partial charge in [0.2, 0.25) is 0 Å².